The van der Waals surface area contributed by atoms with Crippen LogP contribution in [0.15, 0.2) is 18.2 Å². The van der Waals surface area contributed by atoms with Gasteiger partial charge in [0.2, 0.25) is 0 Å². The van der Waals surface area contributed by atoms with Crippen LogP contribution in [0.2, 0.25) is 0 Å². The fraction of sp³-hybridized carbons (Fsp3) is 0.562. The van der Waals surface area contributed by atoms with E-state index in [9.17, 15) is 9.18 Å². The Hall–Kier alpha value is -1.05. The molecule has 0 N–H and O–H groups in total. The molecule has 1 fully saturated rings. The van der Waals surface area contributed by atoms with Crippen molar-refractivity contribution in [3.63, 3.8) is 0 Å². The topological polar surface area (TPSA) is 44.8 Å². The van der Waals surface area contributed by atoms with Crippen molar-refractivity contribution in [3.8, 4) is 0 Å². The van der Waals surface area contributed by atoms with Crippen LogP contribution in [-0.4, -0.2) is 37.2 Å². The molecule has 4 nitrogen and oxygen atoms in total. The van der Waals surface area contributed by atoms with Crippen molar-refractivity contribution in [2.45, 2.75) is 44.6 Å². The van der Waals surface area contributed by atoms with Crippen LogP contribution >= 0.6 is 11.8 Å². The van der Waals surface area contributed by atoms with Crippen molar-refractivity contribution < 1.29 is 23.2 Å². The van der Waals surface area contributed by atoms with Gasteiger partial charge in [-0.15, -0.1) is 11.8 Å². The molecule has 1 heterocycles. The molecule has 0 aliphatic carbocycles. The third kappa shape index (κ3) is 4.08. The van der Waals surface area contributed by atoms with Crippen LogP contribution in [0.25, 0.3) is 0 Å². The molecule has 7 heteroatoms. The number of thioether (sulfide) groups is 1. The zero-order valence-corrected chi connectivity index (χ0v) is 15.0. The quantitative estimate of drug-likeness (QED) is 0.609. The third-order valence-electron chi connectivity index (χ3n) is 4.31. The molecule has 1 aromatic rings. The monoisotopic (exact) mass is 340 g/mol. The summed E-state index contributed by atoms with van der Waals surface area (Å²) in [5, 5.41) is 0. The predicted octanol–water partition coefficient (Wildman–Crippen LogP) is 2.53. The molecule has 0 spiro atoms. The Morgan fingerprint density at radius 2 is 1.87 bits per heavy atom. The predicted molar refractivity (Wildman–Crippen MR) is 90.3 cm³/mol. The van der Waals surface area contributed by atoms with Gasteiger partial charge in [-0.05, 0) is 44.8 Å². The first-order valence-electron chi connectivity index (χ1n) is 7.45. The normalized spacial score (nSPS) is 19.0. The van der Waals surface area contributed by atoms with Crippen molar-refractivity contribution in [3.05, 3.63) is 29.6 Å². The number of hydrogen-bond acceptors (Lipinski definition) is 5. The smallest absolute Gasteiger partial charge is 0.468 e. The molecule has 1 saturated heterocycles. The minimum Gasteiger partial charge on any atom is -0.468 e. The van der Waals surface area contributed by atoms with Gasteiger partial charge in [0, 0.05) is 5.75 Å². The summed E-state index contributed by atoms with van der Waals surface area (Å²) in [5.74, 6) is -0.0294. The molecule has 0 amide bonds. The van der Waals surface area contributed by atoms with Crippen LogP contribution in [0.1, 0.15) is 33.3 Å². The summed E-state index contributed by atoms with van der Waals surface area (Å²) < 4.78 is 30.6. The summed E-state index contributed by atoms with van der Waals surface area (Å²) in [6, 6.07) is 4.95. The van der Waals surface area contributed by atoms with E-state index in [2.05, 4.69) is 4.74 Å². The van der Waals surface area contributed by atoms with Gasteiger partial charge in [0.1, 0.15) is 5.82 Å². The molecule has 0 atom stereocenters. The molecule has 0 unspecified atom stereocenters. The van der Waals surface area contributed by atoms with Crippen molar-refractivity contribution in [1.29, 1.82) is 0 Å². The fourth-order valence-electron chi connectivity index (χ4n) is 2.11. The highest BCUT2D eigenvalue weighted by Gasteiger charge is 2.51. The summed E-state index contributed by atoms with van der Waals surface area (Å²) in [7, 11) is 0.759. The van der Waals surface area contributed by atoms with Gasteiger partial charge in [0.05, 0.1) is 24.1 Å². The molecular weight excluding hydrogens is 318 g/mol. The van der Waals surface area contributed by atoms with Gasteiger partial charge in [0.15, 0.2) is 0 Å². The summed E-state index contributed by atoms with van der Waals surface area (Å²) >= 11 is 1.31. The molecule has 1 aliphatic rings. The summed E-state index contributed by atoms with van der Waals surface area (Å²) in [6.45, 7) is 7.84. The largest absolute Gasteiger partial charge is 0.494 e. The molecule has 0 saturated carbocycles. The number of rotatable bonds is 5. The number of carbonyl (C=O) groups is 1. The number of carbonyl (C=O) groups excluding carboxylic acids is 1. The first kappa shape index (κ1) is 18.3. The first-order chi connectivity index (χ1) is 10.7. The number of esters is 1. The Labute approximate surface area is 141 Å². The summed E-state index contributed by atoms with van der Waals surface area (Å²) in [5.41, 5.74) is 0.286. The Bertz CT molecular complexity index is 575. The first-order valence-corrected chi connectivity index (χ1v) is 8.60. The second kappa shape index (κ2) is 6.83. The minimum absolute atomic E-state index is 0.203. The second-order valence-electron chi connectivity index (χ2n) is 6.51. The highest BCUT2D eigenvalue weighted by Crippen LogP contribution is 2.36. The van der Waals surface area contributed by atoms with E-state index in [0.29, 0.717) is 16.8 Å². The standard InChI is InChI=1S/C16H22BFO4S/c1-15(2)16(3,4)22-17(21-15)12-7-6-11(13(18)8-12)9-23-10-14(19)20-5/h6-8H,9-10H2,1-5H3. The lowest BCUT2D eigenvalue weighted by Crippen LogP contribution is -2.41. The van der Waals surface area contributed by atoms with Crippen LogP contribution in [-0.2, 0) is 24.6 Å². The van der Waals surface area contributed by atoms with Crippen molar-refractivity contribution in [2.75, 3.05) is 12.9 Å². The van der Waals surface area contributed by atoms with Gasteiger partial charge in [-0.1, -0.05) is 12.1 Å². The highest BCUT2D eigenvalue weighted by atomic mass is 32.2. The second-order valence-corrected chi connectivity index (χ2v) is 7.49. The third-order valence-corrected chi connectivity index (χ3v) is 5.26. The molecule has 0 aromatic heterocycles. The molecule has 2 rings (SSSR count). The minimum atomic E-state index is -0.578. The van der Waals surface area contributed by atoms with Crippen LogP contribution in [0.4, 0.5) is 4.39 Å². The Balaban J connectivity index is 2.04. The Kier molecular flexibility index (Phi) is 5.43. The van der Waals surface area contributed by atoms with Gasteiger partial charge < -0.3 is 14.0 Å². The van der Waals surface area contributed by atoms with Crippen molar-refractivity contribution in [2.24, 2.45) is 0 Å². The van der Waals surface area contributed by atoms with E-state index in [4.69, 9.17) is 9.31 Å². The number of hydrogen-bond donors (Lipinski definition) is 0. The maximum Gasteiger partial charge on any atom is 0.494 e. The molecule has 0 bridgehead atoms. The van der Waals surface area contributed by atoms with E-state index >= 15 is 0 Å². The SMILES string of the molecule is COC(=O)CSCc1ccc(B2OC(C)(C)C(C)(C)O2)cc1F. The molecule has 126 valence electrons. The van der Waals surface area contributed by atoms with Gasteiger partial charge in [0.25, 0.3) is 0 Å². The van der Waals surface area contributed by atoms with Crippen LogP contribution in [0.5, 0.6) is 0 Å². The summed E-state index contributed by atoms with van der Waals surface area (Å²) in [6.07, 6.45) is 0. The average Bonchev–Trinajstić information content (AvgIpc) is 2.69. The number of ether oxygens (including phenoxy) is 1. The fourth-order valence-corrected chi connectivity index (χ4v) is 2.95. The Morgan fingerprint density at radius 1 is 1.26 bits per heavy atom. The van der Waals surface area contributed by atoms with E-state index in [-0.39, 0.29) is 17.5 Å². The molecule has 1 aliphatic heterocycles. The van der Waals surface area contributed by atoms with E-state index in [1.165, 1.54) is 24.9 Å². The lowest BCUT2D eigenvalue weighted by Gasteiger charge is -2.32. The number of benzene rings is 1. The molecule has 0 radical (unpaired) electrons. The molecule has 23 heavy (non-hydrogen) atoms. The molecular formula is C16H22BFO4S. The van der Waals surface area contributed by atoms with E-state index < -0.39 is 18.3 Å². The van der Waals surface area contributed by atoms with Gasteiger partial charge >= 0.3 is 13.1 Å². The maximum atomic E-state index is 14.3. The van der Waals surface area contributed by atoms with Gasteiger partial charge in [-0.3, -0.25) is 4.79 Å². The number of halogens is 1. The lowest BCUT2D eigenvalue weighted by molar-refractivity contribution is -0.137. The Morgan fingerprint density at radius 3 is 2.39 bits per heavy atom. The van der Waals surface area contributed by atoms with Gasteiger partial charge in [-0.25, -0.2) is 4.39 Å². The maximum absolute atomic E-state index is 14.3. The number of methoxy groups -OCH3 is 1. The zero-order chi connectivity index (χ0) is 17.3. The van der Waals surface area contributed by atoms with E-state index in [0.717, 1.165) is 0 Å². The van der Waals surface area contributed by atoms with E-state index in [1.807, 2.05) is 27.7 Å². The van der Waals surface area contributed by atoms with Crippen LogP contribution < -0.4 is 5.46 Å². The van der Waals surface area contributed by atoms with Crippen molar-refractivity contribution in [1.82, 2.24) is 0 Å². The van der Waals surface area contributed by atoms with Gasteiger partial charge in [-0.2, -0.15) is 0 Å². The van der Waals surface area contributed by atoms with Crippen molar-refractivity contribution >= 4 is 30.3 Å². The average molecular weight is 340 g/mol. The zero-order valence-electron chi connectivity index (χ0n) is 14.1. The lowest BCUT2D eigenvalue weighted by atomic mass is 9.79. The van der Waals surface area contributed by atoms with E-state index in [1.54, 1.807) is 12.1 Å². The summed E-state index contributed by atoms with van der Waals surface area (Å²) in [4.78, 5) is 11.1. The highest BCUT2D eigenvalue weighted by molar-refractivity contribution is 7.99. The van der Waals surface area contributed by atoms with Crippen LogP contribution in [0.3, 0.4) is 0 Å². The van der Waals surface area contributed by atoms with Crippen LogP contribution in [0, 0.1) is 5.82 Å². The molecule has 1 aromatic carbocycles.